The molecular formula is C14H13BrO. The first-order valence-corrected chi connectivity index (χ1v) is 6.42. The van der Waals surface area contributed by atoms with Crippen molar-refractivity contribution in [2.75, 3.05) is 0 Å². The molecule has 0 spiro atoms. The van der Waals surface area contributed by atoms with Crippen LogP contribution in [0.2, 0.25) is 0 Å². The summed E-state index contributed by atoms with van der Waals surface area (Å²) in [6.45, 7) is 0. The maximum atomic E-state index is 10.2. The monoisotopic (exact) mass is 276 g/mol. The van der Waals surface area contributed by atoms with Gasteiger partial charge in [-0.1, -0.05) is 46.3 Å². The summed E-state index contributed by atoms with van der Waals surface area (Å²) in [6.07, 6.45) is 2.02. The van der Waals surface area contributed by atoms with Crippen LogP contribution in [0.1, 0.15) is 24.5 Å². The highest BCUT2D eigenvalue weighted by atomic mass is 79.9. The second kappa shape index (κ2) is 3.86. The molecule has 1 atom stereocenters. The predicted molar refractivity (Wildman–Crippen MR) is 69.3 cm³/mol. The zero-order valence-electron chi connectivity index (χ0n) is 8.86. The lowest BCUT2D eigenvalue weighted by molar-refractivity contribution is 0.155. The number of hydrogen-bond acceptors (Lipinski definition) is 1. The lowest BCUT2D eigenvalue weighted by Crippen LogP contribution is -2.00. The van der Waals surface area contributed by atoms with Crippen LogP contribution in [-0.4, -0.2) is 5.11 Å². The fourth-order valence-electron chi connectivity index (χ4n) is 2.21. The minimum atomic E-state index is -0.294. The van der Waals surface area contributed by atoms with Gasteiger partial charge >= 0.3 is 0 Å². The number of fused-ring (bicyclic) bond motifs is 1. The zero-order chi connectivity index (χ0) is 11.1. The van der Waals surface area contributed by atoms with Gasteiger partial charge in [0.05, 0.1) is 6.10 Å². The summed E-state index contributed by atoms with van der Waals surface area (Å²) < 4.78 is 1.09. The Morgan fingerprint density at radius 2 is 1.75 bits per heavy atom. The van der Waals surface area contributed by atoms with E-state index in [0.717, 1.165) is 28.3 Å². The molecule has 1 aliphatic rings. The molecule has 3 rings (SSSR count). The van der Waals surface area contributed by atoms with Gasteiger partial charge in [0.15, 0.2) is 0 Å². The van der Waals surface area contributed by atoms with E-state index in [1.54, 1.807) is 0 Å². The summed E-state index contributed by atoms with van der Waals surface area (Å²) in [5.74, 6) is 0.476. The van der Waals surface area contributed by atoms with Crippen molar-refractivity contribution < 1.29 is 5.11 Å². The maximum absolute atomic E-state index is 10.2. The third-order valence-corrected chi connectivity index (χ3v) is 3.98. The first-order valence-electron chi connectivity index (χ1n) is 5.62. The summed E-state index contributed by atoms with van der Waals surface area (Å²) in [7, 11) is 0. The summed E-state index contributed by atoms with van der Waals surface area (Å²) in [5, 5.41) is 12.6. The van der Waals surface area contributed by atoms with Crippen LogP contribution in [0.3, 0.4) is 0 Å². The van der Waals surface area contributed by atoms with E-state index in [4.69, 9.17) is 0 Å². The minimum Gasteiger partial charge on any atom is -0.388 e. The predicted octanol–water partition coefficient (Wildman–Crippen LogP) is 4.05. The number of aliphatic hydroxyl groups excluding tert-OH is 1. The van der Waals surface area contributed by atoms with Gasteiger partial charge < -0.3 is 5.11 Å². The van der Waals surface area contributed by atoms with Crippen molar-refractivity contribution in [3.05, 3.63) is 46.4 Å². The lowest BCUT2D eigenvalue weighted by Gasteiger charge is -2.13. The SMILES string of the molecule is OC(c1ccc(Br)c2ccccc12)C1CC1. The van der Waals surface area contributed by atoms with Gasteiger partial charge in [-0.25, -0.2) is 0 Å². The largest absolute Gasteiger partial charge is 0.388 e. The van der Waals surface area contributed by atoms with Gasteiger partial charge in [-0.15, -0.1) is 0 Å². The Labute approximate surface area is 103 Å². The van der Waals surface area contributed by atoms with Crippen molar-refractivity contribution in [3.8, 4) is 0 Å². The Morgan fingerprint density at radius 3 is 2.44 bits per heavy atom. The minimum absolute atomic E-state index is 0.294. The van der Waals surface area contributed by atoms with Crippen molar-refractivity contribution >= 4 is 26.7 Å². The van der Waals surface area contributed by atoms with Crippen molar-refractivity contribution in [2.45, 2.75) is 18.9 Å². The molecule has 0 bridgehead atoms. The summed E-state index contributed by atoms with van der Waals surface area (Å²) in [5.41, 5.74) is 1.07. The van der Waals surface area contributed by atoms with Crippen LogP contribution in [-0.2, 0) is 0 Å². The Hall–Kier alpha value is -0.860. The quantitative estimate of drug-likeness (QED) is 0.878. The van der Waals surface area contributed by atoms with Crippen molar-refractivity contribution in [1.82, 2.24) is 0 Å². The van der Waals surface area contributed by atoms with Gasteiger partial charge in [0.2, 0.25) is 0 Å². The smallest absolute Gasteiger partial charge is 0.0824 e. The molecule has 82 valence electrons. The van der Waals surface area contributed by atoms with Crippen LogP contribution in [0.4, 0.5) is 0 Å². The number of aliphatic hydroxyl groups is 1. The van der Waals surface area contributed by atoms with Crippen molar-refractivity contribution in [3.63, 3.8) is 0 Å². The highest BCUT2D eigenvalue weighted by Gasteiger charge is 2.31. The molecule has 0 heterocycles. The molecule has 0 amide bonds. The fraction of sp³-hybridized carbons (Fsp3) is 0.286. The number of halogens is 1. The summed E-state index contributed by atoms with van der Waals surface area (Å²) in [6, 6.07) is 12.3. The molecule has 1 aliphatic carbocycles. The summed E-state index contributed by atoms with van der Waals surface area (Å²) in [4.78, 5) is 0. The normalized spacial score (nSPS) is 17.6. The van der Waals surface area contributed by atoms with E-state index < -0.39 is 0 Å². The molecule has 1 N–H and O–H groups in total. The third kappa shape index (κ3) is 1.66. The van der Waals surface area contributed by atoms with Crippen LogP contribution in [0.25, 0.3) is 10.8 Å². The van der Waals surface area contributed by atoms with Crippen LogP contribution in [0.5, 0.6) is 0 Å². The highest BCUT2D eigenvalue weighted by molar-refractivity contribution is 9.10. The van der Waals surface area contributed by atoms with Gasteiger partial charge in [0, 0.05) is 4.47 Å². The Kier molecular flexibility index (Phi) is 2.49. The molecular weight excluding hydrogens is 264 g/mol. The molecule has 1 unspecified atom stereocenters. The molecule has 2 aromatic carbocycles. The molecule has 16 heavy (non-hydrogen) atoms. The van der Waals surface area contributed by atoms with E-state index in [1.807, 2.05) is 24.3 Å². The molecule has 1 fully saturated rings. The first kappa shape index (κ1) is 10.3. The average molecular weight is 277 g/mol. The lowest BCUT2D eigenvalue weighted by atomic mass is 9.98. The standard InChI is InChI=1S/C14H13BrO/c15-13-8-7-12(14(16)9-5-6-9)10-3-1-2-4-11(10)13/h1-4,7-9,14,16H,5-6H2. The molecule has 0 radical (unpaired) electrons. The van der Waals surface area contributed by atoms with E-state index in [2.05, 4.69) is 28.1 Å². The molecule has 0 aliphatic heterocycles. The zero-order valence-corrected chi connectivity index (χ0v) is 10.4. The molecule has 1 nitrogen and oxygen atoms in total. The highest BCUT2D eigenvalue weighted by Crippen LogP contribution is 2.43. The van der Waals surface area contributed by atoms with E-state index in [1.165, 1.54) is 5.39 Å². The van der Waals surface area contributed by atoms with Crippen LogP contribution in [0.15, 0.2) is 40.9 Å². The van der Waals surface area contributed by atoms with Gasteiger partial charge in [-0.2, -0.15) is 0 Å². The van der Waals surface area contributed by atoms with Gasteiger partial charge in [-0.05, 0) is 41.2 Å². The number of benzene rings is 2. The maximum Gasteiger partial charge on any atom is 0.0824 e. The number of hydrogen-bond donors (Lipinski definition) is 1. The topological polar surface area (TPSA) is 20.2 Å². The second-order valence-corrected chi connectivity index (χ2v) is 5.32. The molecule has 1 saturated carbocycles. The second-order valence-electron chi connectivity index (χ2n) is 4.46. The van der Waals surface area contributed by atoms with Crippen LogP contribution < -0.4 is 0 Å². The Bertz CT molecular complexity index is 531. The van der Waals surface area contributed by atoms with Gasteiger partial charge in [0.1, 0.15) is 0 Å². The van der Waals surface area contributed by atoms with Crippen molar-refractivity contribution in [2.24, 2.45) is 5.92 Å². The fourth-order valence-corrected chi connectivity index (χ4v) is 2.69. The van der Waals surface area contributed by atoms with Gasteiger partial charge in [0.25, 0.3) is 0 Å². The van der Waals surface area contributed by atoms with Gasteiger partial charge in [-0.3, -0.25) is 0 Å². The van der Waals surface area contributed by atoms with E-state index >= 15 is 0 Å². The van der Waals surface area contributed by atoms with E-state index in [9.17, 15) is 5.11 Å². The molecule has 2 heteroatoms. The molecule has 2 aromatic rings. The number of rotatable bonds is 2. The van der Waals surface area contributed by atoms with Crippen molar-refractivity contribution in [1.29, 1.82) is 0 Å². The van der Waals surface area contributed by atoms with E-state index in [0.29, 0.717) is 5.92 Å². The Balaban J connectivity index is 2.20. The third-order valence-electron chi connectivity index (χ3n) is 3.29. The average Bonchev–Trinajstić information content (AvgIpc) is 3.13. The first-order chi connectivity index (χ1) is 7.77. The van der Waals surface area contributed by atoms with Crippen LogP contribution >= 0.6 is 15.9 Å². The van der Waals surface area contributed by atoms with Crippen LogP contribution in [0, 0.1) is 5.92 Å². The summed E-state index contributed by atoms with van der Waals surface area (Å²) >= 11 is 3.55. The Morgan fingerprint density at radius 1 is 1.06 bits per heavy atom. The molecule has 0 saturated heterocycles. The molecule has 0 aromatic heterocycles. The van der Waals surface area contributed by atoms with E-state index in [-0.39, 0.29) is 6.10 Å².